The van der Waals surface area contributed by atoms with Crippen LogP contribution in [0.3, 0.4) is 0 Å². The van der Waals surface area contributed by atoms with Gasteiger partial charge < -0.3 is 19.7 Å². The molecule has 0 spiro atoms. The summed E-state index contributed by atoms with van der Waals surface area (Å²) in [4.78, 5) is 44.1. The number of carbonyl (C=O) groups excluding carboxylic acids is 3. The van der Waals surface area contributed by atoms with Crippen molar-refractivity contribution >= 4 is 23.9 Å². The van der Waals surface area contributed by atoms with E-state index in [0.29, 0.717) is 0 Å². The van der Waals surface area contributed by atoms with E-state index in [0.717, 1.165) is 6.92 Å². The quantitative estimate of drug-likeness (QED) is 0.496. The maximum absolute atomic E-state index is 11.5. The van der Waals surface area contributed by atoms with Gasteiger partial charge in [-0.2, -0.15) is 0 Å². The van der Waals surface area contributed by atoms with E-state index in [-0.39, 0.29) is 0 Å². The number of carboxylic acids is 1. The molecule has 8 nitrogen and oxygen atoms in total. The summed E-state index contributed by atoms with van der Waals surface area (Å²) >= 11 is 0. The van der Waals surface area contributed by atoms with Gasteiger partial charge in [0, 0.05) is 6.92 Å². The SMILES string of the molecule is CC(=O)OC(=O)C(O)(CC(=O)O)CC(=O)OC(C)C. The molecule has 8 heteroatoms. The zero-order valence-corrected chi connectivity index (χ0v) is 10.8. The molecule has 0 aliphatic rings. The van der Waals surface area contributed by atoms with Gasteiger partial charge in [-0.25, -0.2) is 4.79 Å². The molecule has 0 rings (SSSR count). The van der Waals surface area contributed by atoms with Gasteiger partial charge in [0.15, 0.2) is 5.60 Å². The lowest BCUT2D eigenvalue weighted by Gasteiger charge is -2.22. The second-order valence-corrected chi connectivity index (χ2v) is 4.20. The first-order chi connectivity index (χ1) is 8.56. The minimum atomic E-state index is -2.64. The maximum Gasteiger partial charge on any atom is 0.346 e. The zero-order chi connectivity index (χ0) is 15.2. The molecule has 2 N–H and O–H groups in total. The topological polar surface area (TPSA) is 127 Å². The van der Waals surface area contributed by atoms with Crippen molar-refractivity contribution < 1.29 is 38.9 Å². The number of aliphatic hydroxyl groups is 1. The Hall–Kier alpha value is -1.96. The number of rotatable bonds is 6. The molecule has 0 bridgehead atoms. The highest BCUT2D eigenvalue weighted by Crippen LogP contribution is 2.19. The van der Waals surface area contributed by atoms with Crippen molar-refractivity contribution in [2.24, 2.45) is 0 Å². The van der Waals surface area contributed by atoms with Crippen LogP contribution in [0.5, 0.6) is 0 Å². The van der Waals surface area contributed by atoms with Gasteiger partial charge in [-0.3, -0.25) is 14.4 Å². The van der Waals surface area contributed by atoms with Crippen LogP contribution >= 0.6 is 0 Å². The highest BCUT2D eigenvalue weighted by atomic mass is 16.6. The molecule has 1 atom stereocenters. The third-order valence-corrected chi connectivity index (χ3v) is 1.86. The van der Waals surface area contributed by atoms with Gasteiger partial charge in [0.2, 0.25) is 0 Å². The number of carbonyl (C=O) groups is 4. The molecule has 0 aromatic rings. The third kappa shape index (κ3) is 6.51. The van der Waals surface area contributed by atoms with Crippen LogP contribution in [0.2, 0.25) is 0 Å². The Kier molecular flexibility index (Phi) is 6.13. The second-order valence-electron chi connectivity index (χ2n) is 4.20. The van der Waals surface area contributed by atoms with Gasteiger partial charge >= 0.3 is 23.9 Å². The van der Waals surface area contributed by atoms with Crippen LogP contribution < -0.4 is 0 Å². The number of ether oxygens (including phenoxy) is 2. The number of carboxylic acid groups (broad SMARTS) is 1. The lowest BCUT2D eigenvalue weighted by atomic mass is 9.95. The second kappa shape index (κ2) is 6.83. The summed E-state index contributed by atoms with van der Waals surface area (Å²) in [6.45, 7) is 4.00. The Bertz CT molecular complexity index is 386. The predicted molar refractivity (Wildman–Crippen MR) is 59.8 cm³/mol. The fourth-order valence-electron chi connectivity index (χ4n) is 1.23. The van der Waals surface area contributed by atoms with Gasteiger partial charge in [0.1, 0.15) is 0 Å². The molecule has 0 aromatic carbocycles. The summed E-state index contributed by atoms with van der Waals surface area (Å²) in [6.07, 6.45) is -2.49. The van der Waals surface area contributed by atoms with Crippen LogP contribution in [0.15, 0.2) is 0 Å². The van der Waals surface area contributed by atoms with Crippen LogP contribution in [-0.4, -0.2) is 45.8 Å². The summed E-state index contributed by atoms with van der Waals surface area (Å²) in [7, 11) is 0. The number of hydrogen-bond acceptors (Lipinski definition) is 7. The first-order valence-corrected chi connectivity index (χ1v) is 5.43. The van der Waals surface area contributed by atoms with Crippen molar-refractivity contribution in [3.05, 3.63) is 0 Å². The predicted octanol–water partition coefficient (Wildman–Crippen LogP) is -0.376. The Labute approximate surface area is 109 Å². The molecule has 0 fully saturated rings. The molecule has 0 saturated carbocycles. The Balaban J connectivity index is 4.96. The lowest BCUT2D eigenvalue weighted by molar-refractivity contribution is -0.181. The molecule has 0 amide bonds. The summed E-state index contributed by atoms with van der Waals surface area (Å²) < 4.78 is 8.82. The van der Waals surface area contributed by atoms with Crippen LogP contribution in [0.4, 0.5) is 0 Å². The fourth-order valence-corrected chi connectivity index (χ4v) is 1.23. The molecule has 0 saturated heterocycles. The van der Waals surface area contributed by atoms with Gasteiger partial charge in [-0.15, -0.1) is 0 Å². The van der Waals surface area contributed by atoms with E-state index in [1.165, 1.54) is 0 Å². The van der Waals surface area contributed by atoms with E-state index >= 15 is 0 Å². The molecule has 0 radical (unpaired) electrons. The molecule has 1 unspecified atom stereocenters. The lowest BCUT2D eigenvalue weighted by Crippen LogP contribution is -2.45. The summed E-state index contributed by atoms with van der Waals surface area (Å²) in [5.74, 6) is -5.02. The number of esters is 3. The normalized spacial score (nSPS) is 13.5. The maximum atomic E-state index is 11.5. The monoisotopic (exact) mass is 276 g/mol. The van der Waals surface area contributed by atoms with Crippen molar-refractivity contribution in [3.63, 3.8) is 0 Å². The van der Waals surface area contributed by atoms with E-state index in [2.05, 4.69) is 4.74 Å². The molecule has 0 aliphatic carbocycles. The van der Waals surface area contributed by atoms with Crippen molar-refractivity contribution in [2.75, 3.05) is 0 Å². The van der Waals surface area contributed by atoms with Gasteiger partial charge in [0.05, 0.1) is 18.9 Å². The largest absolute Gasteiger partial charge is 0.481 e. The van der Waals surface area contributed by atoms with Crippen molar-refractivity contribution in [1.82, 2.24) is 0 Å². The minimum absolute atomic E-state index is 0.495. The van der Waals surface area contributed by atoms with Gasteiger partial charge in [0.25, 0.3) is 0 Å². The van der Waals surface area contributed by atoms with Crippen LogP contribution in [0.25, 0.3) is 0 Å². The van der Waals surface area contributed by atoms with Crippen molar-refractivity contribution in [3.8, 4) is 0 Å². The van der Waals surface area contributed by atoms with E-state index < -0.39 is 48.4 Å². The van der Waals surface area contributed by atoms with Gasteiger partial charge in [-0.05, 0) is 13.8 Å². The first-order valence-electron chi connectivity index (χ1n) is 5.43. The molecule has 108 valence electrons. The number of aliphatic carboxylic acids is 1. The Morgan fingerprint density at radius 2 is 1.68 bits per heavy atom. The summed E-state index contributed by atoms with van der Waals surface area (Å²) in [6, 6.07) is 0. The van der Waals surface area contributed by atoms with E-state index in [4.69, 9.17) is 9.84 Å². The molecular formula is C11H16O8. The van der Waals surface area contributed by atoms with Crippen LogP contribution in [0, 0.1) is 0 Å². The van der Waals surface area contributed by atoms with E-state index in [1.54, 1.807) is 13.8 Å². The van der Waals surface area contributed by atoms with Crippen LogP contribution in [0.1, 0.15) is 33.6 Å². The average Bonchev–Trinajstić information content (AvgIpc) is 2.12. The average molecular weight is 276 g/mol. The standard InChI is InChI=1S/C11H16O8/c1-6(2)18-9(15)5-11(17,4-8(13)14)10(16)19-7(3)12/h6,17H,4-5H2,1-3H3,(H,13,14). The minimum Gasteiger partial charge on any atom is -0.481 e. The fraction of sp³-hybridized carbons (Fsp3) is 0.636. The van der Waals surface area contributed by atoms with Crippen LogP contribution in [-0.2, 0) is 28.7 Å². The van der Waals surface area contributed by atoms with E-state index in [1.807, 2.05) is 0 Å². The smallest absolute Gasteiger partial charge is 0.346 e. The van der Waals surface area contributed by atoms with Crippen molar-refractivity contribution in [1.29, 1.82) is 0 Å². The highest BCUT2D eigenvalue weighted by molar-refractivity contribution is 5.94. The highest BCUT2D eigenvalue weighted by Gasteiger charge is 2.43. The van der Waals surface area contributed by atoms with Crippen molar-refractivity contribution in [2.45, 2.75) is 45.3 Å². The first kappa shape index (κ1) is 17.0. The Morgan fingerprint density at radius 1 is 1.16 bits per heavy atom. The van der Waals surface area contributed by atoms with E-state index in [9.17, 15) is 24.3 Å². The third-order valence-electron chi connectivity index (χ3n) is 1.86. The zero-order valence-electron chi connectivity index (χ0n) is 10.8. The Morgan fingerprint density at radius 3 is 2.05 bits per heavy atom. The number of hydrogen-bond donors (Lipinski definition) is 2. The molecule has 0 aliphatic heterocycles. The molecular weight excluding hydrogens is 260 g/mol. The molecule has 0 aromatic heterocycles. The summed E-state index contributed by atoms with van der Waals surface area (Å²) in [5, 5.41) is 18.5. The molecule has 19 heavy (non-hydrogen) atoms. The van der Waals surface area contributed by atoms with Gasteiger partial charge in [-0.1, -0.05) is 0 Å². The molecule has 0 heterocycles. The summed E-state index contributed by atoms with van der Waals surface area (Å²) in [5.41, 5.74) is -2.64.